The van der Waals surface area contributed by atoms with Crippen LogP contribution in [0.15, 0.2) is 0 Å². The van der Waals surface area contributed by atoms with E-state index in [1.165, 1.54) is 6.42 Å². The van der Waals surface area contributed by atoms with Crippen molar-refractivity contribution in [3.05, 3.63) is 0 Å². The van der Waals surface area contributed by atoms with E-state index in [4.69, 9.17) is 0 Å². The average molecular weight is 212 g/mol. The molecule has 1 fully saturated rings. The van der Waals surface area contributed by atoms with Gasteiger partial charge in [0.1, 0.15) is 0 Å². The van der Waals surface area contributed by atoms with E-state index in [0.29, 0.717) is 6.04 Å². The van der Waals surface area contributed by atoms with E-state index in [1.807, 2.05) is 6.92 Å². The number of amides is 1. The van der Waals surface area contributed by atoms with Crippen molar-refractivity contribution >= 4 is 5.91 Å². The van der Waals surface area contributed by atoms with Gasteiger partial charge in [0.25, 0.3) is 0 Å². The molecular formula is C12H24N2O. The molecule has 1 heterocycles. The second-order valence-electron chi connectivity index (χ2n) is 4.80. The lowest BCUT2D eigenvalue weighted by Gasteiger charge is -2.16. The largest absolute Gasteiger partial charge is 0.352 e. The Morgan fingerprint density at radius 2 is 2.33 bits per heavy atom. The normalized spacial score (nSPS) is 24.1. The van der Waals surface area contributed by atoms with Crippen LogP contribution in [-0.4, -0.2) is 37.0 Å². The molecule has 0 radical (unpaired) electrons. The predicted molar refractivity (Wildman–Crippen MR) is 62.7 cm³/mol. The molecule has 1 aliphatic rings. The van der Waals surface area contributed by atoms with Crippen molar-refractivity contribution in [2.75, 3.05) is 20.1 Å². The van der Waals surface area contributed by atoms with Crippen LogP contribution in [0.2, 0.25) is 0 Å². The van der Waals surface area contributed by atoms with Crippen LogP contribution in [0, 0.1) is 5.92 Å². The van der Waals surface area contributed by atoms with Crippen molar-refractivity contribution in [3.63, 3.8) is 0 Å². The Morgan fingerprint density at radius 3 is 2.87 bits per heavy atom. The summed E-state index contributed by atoms with van der Waals surface area (Å²) in [4.78, 5) is 14.0. The van der Waals surface area contributed by atoms with E-state index in [9.17, 15) is 4.79 Å². The van der Waals surface area contributed by atoms with Gasteiger partial charge >= 0.3 is 0 Å². The summed E-state index contributed by atoms with van der Waals surface area (Å²) >= 11 is 0. The van der Waals surface area contributed by atoms with E-state index in [-0.39, 0.29) is 11.8 Å². The van der Waals surface area contributed by atoms with Crippen LogP contribution in [-0.2, 0) is 4.79 Å². The van der Waals surface area contributed by atoms with Crippen molar-refractivity contribution in [3.8, 4) is 0 Å². The zero-order valence-corrected chi connectivity index (χ0v) is 10.3. The predicted octanol–water partition coefficient (Wildman–Crippen LogP) is 1.63. The minimum absolute atomic E-state index is 0.177. The standard InChI is InChI=1S/C12H24N2O/c1-4-5-6-10(2)12(15)13-11-7-8-14(3)9-11/h10-11H,4-9H2,1-3H3,(H,13,15)/t10?,11-/m1/s1. The SMILES string of the molecule is CCCCC(C)C(=O)N[C@@H]1CCN(C)C1. The van der Waals surface area contributed by atoms with E-state index in [1.54, 1.807) is 0 Å². The number of nitrogens with zero attached hydrogens (tertiary/aromatic N) is 1. The molecule has 0 aromatic heterocycles. The lowest BCUT2D eigenvalue weighted by atomic mass is 10.0. The summed E-state index contributed by atoms with van der Waals surface area (Å²) in [5, 5.41) is 3.14. The minimum atomic E-state index is 0.177. The van der Waals surface area contributed by atoms with Gasteiger partial charge in [-0.1, -0.05) is 26.7 Å². The zero-order chi connectivity index (χ0) is 11.3. The van der Waals surface area contributed by atoms with Gasteiger partial charge < -0.3 is 10.2 Å². The molecule has 0 saturated carbocycles. The lowest BCUT2D eigenvalue weighted by molar-refractivity contribution is -0.125. The number of rotatable bonds is 5. The average Bonchev–Trinajstić information content (AvgIpc) is 2.60. The fourth-order valence-electron chi connectivity index (χ4n) is 2.04. The van der Waals surface area contributed by atoms with Gasteiger partial charge in [-0.2, -0.15) is 0 Å². The van der Waals surface area contributed by atoms with Crippen molar-refractivity contribution in [1.82, 2.24) is 10.2 Å². The third kappa shape index (κ3) is 4.20. The molecule has 0 bridgehead atoms. The van der Waals surface area contributed by atoms with Crippen LogP contribution in [0.5, 0.6) is 0 Å². The van der Waals surface area contributed by atoms with Gasteiger partial charge in [-0.05, 0) is 26.4 Å². The van der Waals surface area contributed by atoms with Crippen molar-refractivity contribution in [1.29, 1.82) is 0 Å². The van der Waals surface area contributed by atoms with Crippen molar-refractivity contribution in [2.24, 2.45) is 5.92 Å². The molecule has 3 heteroatoms. The maximum absolute atomic E-state index is 11.8. The highest BCUT2D eigenvalue weighted by Gasteiger charge is 2.22. The van der Waals surface area contributed by atoms with Crippen LogP contribution in [0.3, 0.4) is 0 Å². The Labute approximate surface area is 93.2 Å². The summed E-state index contributed by atoms with van der Waals surface area (Å²) in [5.74, 6) is 0.416. The molecule has 0 spiro atoms. The Hall–Kier alpha value is -0.570. The Balaban J connectivity index is 2.22. The number of hydrogen-bond acceptors (Lipinski definition) is 2. The minimum Gasteiger partial charge on any atom is -0.352 e. The van der Waals surface area contributed by atoms with Crippen LogP contribution in [0.4, 0.5) is 0 Å². The molecule has 3 nitrogen and oxygen atoms in total. The van der Waals surface area contributed by atoms with Gasteiger partial charge in [0.05, 0.1) is 0 Å². The fraction of sp³-hybridized carbons (Fsp3) is 0.917. The number of carbonyl (C=O) groups excluding carboxylic acids is 1. The van der Waals surface area contributed by atoms with E-state index in [0.717, 1.165) is 32.4 Å². The van der Waals surface area contributed by atoms with E-state index >= 15 is 0 Å². The van der Waals surface area contributed by atoms with Crippen LogP contribution in [0.25, 0.3) is 0 Å². The molecule has 1 rings (SSSR count). The molecule has 1 saturated heterocycles. The second-order valence-corrected chi connectivity index (χ2v) is 4.80. The summed E-state index contributed by atoms with van der Waals surface area (Å²) in [7, 11) is 2.10. The Bertz CT molecular complexity index is 206. The van der Waals surface area contributed by atoms with Gasteiger partial charge in [0.15, 0.2) is 0 Å². The van der Waals surface area contributed by atoms with Gasteiger partial charge in [-0.3, -0.25) is 4.79 Å². The summed E-state index contributed by atoms with van der Waals surface area (Å²) in [5.41, 5.74) is 0. The number of hydrogen-bond donors (Lipinski definition) is 1. The zero-order valence-electron chi connectivity index (χ0n) is 10.3. The van der Waals surface area contributed by atoms with Gasteiger partial charge in [-0.25, -0.2) is 0 Å². The summed E-state index contributed by atoms with van der Waals surface area (Å²) in [6.07, 6.45) is 4.44. The quantitative estimate of drug-likeness (QED) is 0.751. The third-order valence-electron chi connectivity index (χ3n) is 3.18. The maximum Gasteiger partial charge on any atom is 0.223 e. The molecule has 2 atom stereocenters. The van der Waals surface area contributed by atoms with E-state index in [2.05, 4.69) is 24.2 Å². The fourth-order valence-corrected chi connectivity index (χ4v) is 2.04. The lowest BCUT2D eigenvalue weighted by Crippen LogP contribution is -2.39. The number of unbranched alkanes of at least 4 members (excludes halogenated alkanes) is 1. The molecule has 1 N–H and O–H groups in total. The topological polar surface area (TPSA) is 32.3 Å². The van der Waals surface area contributed by atoms with Crippen molar-refractivity contribution < 1.29 is 4.79 Å². The number of nitrogens with one attached hydrogen (secondary N) is 1. The molecule has 1 aliphatic heterocycles. The first kappa shape index (κ1) is 12.5. The van der Waals surface area contributed by atoms with Gasteiger partial charge in [0.2, 0.25) is 5.91 Å². The monoisotopic (exact) mass is 212 g/mol. The molecule has 1 amide bonds. The van der Waals surface area contributed by atoms with Crippen molar-refractivity contribution in [2.45, 2.75) is 45.6 Å². The second kappa shape index (κ2) is 6.11. The highest BCUT2D eigenvalue weighted by Crippen LogP contribution is 2.11. The summed E-state index contributed by atoms with van der Waals surface area (Å²) in [6.45, 7) is 6.31. The van der Waals surface area contributed by atoms with Gasteiger partial charge in [-0.15, -0.1) is 0 Å². The molecule has 0 aliphatic carbocycles. The maximum atomic E-state index is 11.8. The molecule has 88 valence electrons. The number of likely N-dealkylation sites (tertiary alicyclic amines) is 1. The Morgan fingerprint density at radius 1 is 1.60 bits per heavy atom. The van der Waals surface area contributed by atoms with Crippen LogP contribution in [0.1, 0.15) is 39.5 Å². The van der Waals surface area contributed by atoms with Crippen LogP contribution >= 0.6 is 0 Å². The molecule has 1 unspecified atom stereocenters. The van der Waals surface area contributed by atoms with E-state index < -0.39 is 0 Å². The first-order valence-electron chi connectivity index (χ1n) is 6.12. The smallest absolute Gasteiger partial charge is 0.223 e. The first-order valence-corrected chi connectivity index (χ1v) is 6.12. The highest BCUT2D eigenvalue weighted by molar-refractivity contribution is 5.78. The first-order chi connectivity index (χ1) is 7.13. The molecule has 0 aromatic rings. The Kier molecular flexibility index (Phi) is 5.09. The molecule has 15 heavy (non-hydrogen) atoms. The molecular weight excluding hydrogens is 188 g/mol. The highest BCUT2D eigenvalue weighted by atomic mass is 16.1. The third-order valence-corrected chi connectivity index (χ3v) is 3.18. The molecule has 0 aromatic carbocycles. The van der Waals surface area contributed by atoms with Crippen LogP contribution < -0.4 is 5.32 Å². The van der Waals surface area contributed by atoms with Gasteiger partial charge in [0, 0.05) is 18.5 Å². The summed E-state index contributed by atoms with van der Waals surface area (Å²) in [6, 6.07) is 0.381. The number of carbonyl (C=O) groups is 1. The summed E-state index contributed by atoms with van der Waals surface area (Å²) < 4.78 is 0. The number of likely N-dealkylation sites (N-methyl/N-ethyl adjacent to an activating group) is 1.